The quantitative estimate of drug-likeness (QED) is 0.702. The second kappa shape index (κ2) is 8.92. The van der Waals surface area contributed by atoms with Crippen LogP contribution in [-0.4, -0.2) is 50.6 Å². The third kappa shape index (κ3) is 4.69. The molecular weight excluding hydrogens is 369 g/mol. The summed E-state index contributed by atoms with van der Waals surface area (Å²) < 4.78 is 13.2. The van der Waals surface area contributed by atoms with Crippen molar-refractivity contribution in [3.05, 3.63) is 30.1 Å². The first-order valence-electron chi connectivity index (χ1n) is 11.3. The van der Waals surface area contributed by atoms with Gasteiger partial charge in [0.25, 0.3) is 5.91 Å². The average Bonchev–Trinajstić information content (AvgIpc) is 3.03. The van der Waals surface area contributed by atoms with Crippen LogP contribution < -0.4 is 14.7 Å². The number of hydrogen-bond acceptors (Lipinski definition) is 2. The van der Waals surface area contributed by atoms with E-state index in [0.29, 0.717) is 5.69 Å². The van der Waals surface area contributed by atoms with Crippen LogP contribution in [0.15, 0.2) is 24.3 Å². The minimum Gasteiger partial charge on any atom is -0.335 e. The van der Waals surface area contributed by atoms with Gasteiger partial charge in [0.05, 0.1) is 44.8 Å². The molecule has 5 nitrogen and oxygen atoms in total. The highest BCUT2D eigenvalue weighted by atomic mass is 19.1. The van der Waals surface area contributed by atoms with E-state index in [1.54, 1.807) is 4.90 Å². The normalized spacial score (nSPS) is 33.3. The smallest absolute Gasteiger partial charge is 0.292 e. The van der Waals surface area contributed by atoms with Crippen molar-refractivity contribution in [2.24, 2.45) is 11.8 Å². The van der Waals surface area contributed by atoms with Crippen molar-refractivity contribution in [1.82, 2.24) is 0 Å². The van der Waals surface area contributed by atoms with Gasteiger partial charge in [0.2, 0.25) is 5.91 Å². The number of rotatable bonds is 5. The third-order valence-corrected chi connectivity index (χ3v) is 7.36. The number of quaternary nitrogens is 2. The first kappa shape index (κ1) is 20.5. The number of piperidine rings is 2. The molecule has 0 spiro atoms. The monoisotopic (exact) mass is 403 g/mol. The summed E-state index contributed by atoms with van der Waals surface area (Å²) in [6.07, 6.45) is 6.57. The van der Waals surface area contributed by atoms with E-state index >= 15 is 0 Å². The van der Waals surface area contributed by atoms with Gasteiger partial charge in [-0.25, -0.2) is 9.29 Å². The first-order valence-corrected chi connectivity index (χ1v) is 11.3. The van der Waals surface area contributed by atoms with Crippen LogP contribution in [0.25, 0.3) is 0 Å². The molecule has 0 radical (unpaired) electrons. The van der Waals surface area contributed by atoms with Gasteiger partial charge < -0.3 is 9.80 Å². The highest BCUT2D eigenvalue weighted by Crippen LogP contribution is 2.23. The number of halogens is 1. The molecule has 1 aromatic rings. The predicted octanol–water partition coefficient (Wildman–Crippen LogP) is 0.457. The van der Waals surface area contributed by atoms with Crippen molar-refractivity contribution in [3.8, 4) is 0 Å². The van der Waals surface area contributed by atoms with Gasteiger partial charge in [-0.3, -0.25) is 9.59 Å². The first-order chi connectivity index (χ1) is 14.0. The maximum absolute atomic E-state index is 13.2. The lowest BCUT2D eigenvalue weighted by molar-refractivity contribution is -0.922. The lowest BCUT2D eigenvalue weighted by Gasteiger charge is -2.33. The fourth-order valence-electron chi connectivity index (χ4n) is 5.33. The molecule has 1 aromatic carbocycles. The Morgan fingerprint density at radius 3 is 2.31 bits per heavy atom. The molecule has 3 fully saturated rings. The van der Waals surface area contributed by atoms with E-state index in [0.717, 1.165) is 37.8 Å². The summed E-state index contributed by atoms with van der Waals surface area (Å²) in [5.74, 6) is 1.00. The molecule has 0 unspecified atom stereocenters. The van der Waals surface area contributed by atoms with Gasteiger partial charge in [-0.15, -0.1) is 0 Å². The zero-order valence-electron chi connectivity index (χ0n) is 17.5. The molecule has 158 valence electrons. The number of carbonyl (C=O) groups is 2. The molecule has 3 aliphatic heterocycles. The summed E-state index contributed by atoms with van der Waals surface area (Å²) in [5, 5.41) is 0. The molecule has 0 aromatic heterocycles. The van der Waals surface area contributed by atoms with E-state index in [9.17, 15) is 14.0 Å². The fourth-order valence-corrected chi connectivity index (χ4v) is 5.33. The lowest BCUT2D eigenvalue weighted by atomic mass is 9.91. The largest absolute Gasteiger partial charge is 0.335 e. The molecule has 2 amide bonds. The SMILES string of the molecule is CC1CC[NH+](CCC2CC[NH+]([C@@H]3CC(=O)N(c4ccc(F)cc4)C3=O)CC2)CC1. The van der Waals surface area contributed by atoms with Crippen molar-refractivity contribution in [3.63, 3.8) is 0 Å². The van der Waals surface area contributed by atoms with Crippen LogP contribution in [0, 0.1) is 17.7 Å². The Kier molecular flexibility index (Phi) is 6.30. The second-order valence-corrected chi connectivity index (χ2v) is 9.37. The number of imide groups is 1. The molecule has 2 N–H and O–H groups in total. The van der Waals surface area contributed by atoms with E-state index in [-0.39, 0.29) is 30.1 Å². The molecule has 3 heterocycles. The van der Waals surface area contributed by atoms with Crippen LogP contribution in [0.3, 0.4) is 0 Å². The number of hydrogen-bond donors (Lipinski definition) is 2. The van der Waals surface area contributed by atoms with Crippen LogP contribution >= 0.6 is 0 Å². The summed E-state index contributed by atoms with van der Waals surface area (Å²) in [5.41, 5.74) is 0.483. The maximum Gasteiger partial charge on any atom is 0.292 e. The standard InChI is InChI=1S/C23H32FN3O2/c1-17-6-11-25(12-7-17)13-8-18-9-14-26(15-10-18)21-16-22(28)27(23(21)29)20-4-2-19(24)3-5-20/h2-5,17-18,21H,6-16H2,1H3/p+2/t21-/m1/s1. The Morgan fingerprint density at radius 2 is 1.66 bits per heavy atom. The van der Waals surface area contributed by atoms with Gasteiger partial charge in [0.1, 0.15) is 5.82 Å². The fraction of sp³-hybridized carbons (Fsp3) is 0.652. The summed E-state index contributed by atoms with van der Waals surface area (Å²) >= 11 is 0. The van der Waals surface area contributed by atoms with E-state index in [2.05, 4.69) is 6.92 Å². The molecule has 3 saturated heterocycles. The number of anilines is 1. The Hall–Kier alpha value is -1.79. The molecule has 6 heteroatoms. The van der Waals surface area contributed by atoms with E-state index in [4.69, 9.17) is 0 Å². The zero-order chi connectivity index (χ0) is 20.4. The molecule has 1 atom stereocenters. The zero-order valence-corrected chi connectivity index (χ0v) is 17.5. The Morgan fingerprint density at radius 1 is 1.00 bits per heavy atom. The van der Waals surface area contributed by atoms with E-state index < -0.39 is 0 Å². The molecule has 3 aliphatic rings. The molecule has 0 aliphatic carbocycles. The van der Waals surface area contributed by atoms with Crippen LogP contribution in [-0.2, 0) is 9.59 Å². The van der Waals surface area contributed by atoms with Crippen molar-refractivity contribution in [2.45, 2.75) is 51.5 Å². The van der Waals surface area contributed by atoms with Crippen LogP contribution in [0.2, 0.25) is 0 Å². The average molecular weight is 404 g/mol. The molecule has 4 rings (SSSR count). The van der Waals surface area contributed by atoms with Crippen molar-refractivity contribution < 1.29 is 23.8 Å². The summed E-state index contributed by atoms with van der Waals surface area (Å²) in [7, 11) is 0. The number of benzene rings is 1. The van der Waals surface area contributed by atoms with Gasteiger partial charge >= 0.3 is 0 Å². The number of likely N-dealkylation sites (tertiary alicyclic amines) is 2. The molecule has 0 saturated carbocycles. The minimum absolute atomic E-state index is 0.123. The third-order valence-electron chi connectivity index (χ3n) is 7.36. The summed E-state index contributed by atoms with van der Waals surface area (Å²) in [4.78, 5) is 29.7. The minimum atomic E-state index is -0.363. The van der Waals surface area contributed by atoms with Gasteiger partial charge in [0.15, 0.2) is 6.04 Å². The predicted molar refractivity (Wildman–Crippen MR) is 109 cm³/mol. The molecule has 29 heavy (non-hydrogen) atoms. The lowest BCUT2D eigenvalue weighted by Crippen LogP contribution is -3.17. The molecule has 0 bridgehead atoms. The van der Waals surface area contributed by atoms with E-state index in [1.165, 1.54) is 73.0 Å². The topological polar surface area (TPSA) is 46.3 Å². The Bertz CT molecular complexity index is 722. The molecular formula is C23H34FN3O2+2. The number of amides is 2. The van der Waals surface area contributed by atoms with Crippen LogP contribution in [0.1, 0.15) is 45.4 Å². The van der Waals surface area contributed by atoms with Gasteiger partial charge in [-0.1, -0.05) is 6.92 Å². The second-order valence-electron chi connectivity index (χ2n) is 9.37. The van der Waals surface area contributed by atoms with Crippen molar-refractivity contribution in [2.75, 3.05) is 37.6 Å². The van der Waals surface area contributed by atoms with Gasteiger partial charge in [-0.2, -0.15) is 0 Å². The highest BCUT2D eigenvalue weighted by Gasteiger charge is 2.46. The number of nitrogens with one attached hydrogen (secondary N) is 2. The van der Waals surface area contributed by atoms with E-state index in [1.807, 2.05) is 0 Å². The maximum atomic E-state index is 13.2. The van der Waals surface area contributed by atoms with Crippen molar-refractivity contribution in [1.29, 1.82) is 0 Å². The van der Waals surface area contributed by atoms with Gasteiger partial charge in [-0.05, 0) is 68.2 Å². The van der Waals surface area contributed by atoms with Crippen LogP contribution in [0.4, 0.5) is 10.1 Å². The van der Waals surface area contributed by atoms with Crippen LogP contribution in [0.5, 0.6) is 0 Å². The number of carbonyl (C=O) groups excluding carboxylic acids is 2. The number of nitrogens with zero attached hydrogens (tertiary/aromatic N) is 1. The highest BCUT2D eigenvalue weighted by molar-refractivity contribution is 6.21. The Labute approximate surface area is 172 Å². The summed E-state index contributed by atoms with van der Waals surface area (Å²) in [6, 6.07) is 5.35. The van der Waals surface area contributed by atoms with Crippen molar-refractivity contribution >= 4 is 17.5 Å². The summed E-state index contributed by atoms with van der Waals surface area (Å²) in [6.45, 7) is 8.23. The Balaban J connectivity index is 1.27. The van der Waals surface area contributed by atoms with Gasteiger partial charge in [0, 0.05) is 0 Å².